The molecule has 0 amide bonds. The van der Waals surface area contributed by atoms with Crippen LogP contribution < -0.4 is 0 Å². The van der Waals surface area contributed by atoms with Crippen molar-refractivity contribution in [3.8, 4) is 0 Å². The second-order valence-electron chi connectivity index (χ2n) is 7.36. The van der Waals surface area contributed by atoms with Gasteiger partial charge in [0.1, 0.15) is 12.1 Å². The number of esters is 1. The number of nitrogens with zero attached hydrogens (tertiary/aromatic N) is 2. The number of benzene rings is 1. The molecule has 3 rings (SSSR count). The highest BCUT2D eigenvalue weighted by Gasteiger charge is 2.33. The smallest absolute Gasteiger partial charge is 0.328 e. The topological polar surface area (TPSA) is 32.8 Å². The third-order valence-electron chi connectivity index (χ3n) is 4.85. The Kier molecular flexibility index (Phi) is 6.12. The fourth-order valence-electron chi connectivity index (χ4n) is 3.67. The second kappa shape index (κ2) is 8.33. The van der Waals surface area contributed by atoms with E-state index in [2.05, 4.69) is 35.4 Å². The number of hydrogen-bond donors (Lipinski definition) is 0. The van der Waals surface area contributed by atoms with E-state index in [4.69, 9.17) is 4.74 Å². The van der Waals surface area contributed by atoms with Crippen LogP contribution in [-0.2, 0) is 22.5 Å². The molecule has 1 aromatic heterocycles. The van der Waals surface area contributed by atoms with Gasteiger partial charge in [0.2, 0.25) is 0 Å². The van der Waals surface area contributed by atoms with Gasteiger partial charge in [0.15, 0.2) is 0 Å². The normalized spacial score (nSPS) is 17.0. The average Bonchev–Trinajstić information content (AvgIpc) is 3.03. The molecule has 4 nitrogen and oxygen atoms in total. The lowest BCUT2D eigenvalue weighted by Gasteiger charge is -2.34. The van der Waals surface area contributed by atoms with Crippen LogP contribution in [0.15, 0.2) is 35.7 Å². The Balaban J connectivity index is 1.85. The quantitative estimate of drug-likeness (QED) is 0.725. The van der Waals surface area contributed by atoms with E-state index in [0.717, 1.165) is 37.2 Å². The number of carbonyl (C=O) groups excluding carboxylic acids is 1. The first-order valence-electron chi connectivity index (χ1n) is 9.15. The van der Waals surface area contributed by atoms with Crippen molar-refractivity contribution in [3.63, 3.8) is 0 Å². The highest BCUT2D eigenvalue weighted by atomic mass is 32.1. The van der Waals surface area contributed by atoms with Crippen molar-refractivity contribution in [1.82, 2.24) is 9.80 Å². The van der Waals surface area contributed by atoms with Crippen LogP contribution in [0.25, 0.3) is 0 Å². The van der Waals surface area contributed by atoms with Crippen LogP contribution >= 0.6 is 11.3 Å². The monoisotopic (exact) mass is 372 g/mol. The first-order chi connectivity index (χ1) is 12.5. The van der Waals surface area contributed by atoms with E-state index in [-0.39, 0.29) is 18.1 Å². The first kappa shape index (κ1) is 19.1. The lowest BCUT2D eigenvalue weighted by atomic mass is 9.97. The Morgan fingerprint density at radius 2 is 2.08 bits per heavy atom. The summed E-state index contributed by atoms with van der Waals surface area (Å²) in [5.74, 6) is -0.146. The summed E-state index contributed by atoms with van der Waals surface area (Å²) in [6.07, 6.45) is 0.862. The number of rotatable bonds is 6. The molecule has 0 aliphatic carbocycles. The molecule has 1 aliphatic heterocycles. The molecule has 0 bridgehead atoms. The highest BCUT2D eigenvalue weighted by Crippen LogP contribution is 2.32. The number of carbonyl (C=O) groups is 1. The van der Waals surface area contributed by atoms with E-state index in [0.29, 0.717) is 0 Å². The maximum absolute atomic E-state index is 13.2. The minimum absolute atomic E-state index is 0.134. The molecule has 0 spiro atoms. The molecule has 2 aromatic rings. The highest BCUT2D eigenvalue weighted by molar-refractivity contribution is 7.10. The summed E-state index contributed by atoms with van der Waals surface area (Å²) in [6, 6.07) is 9.98. The number of hydrogen-bond acceptors (Lipinski definition) is 5. The molecule has 0 unspecified atom stereocenters. The number of ether oxygens (including phenoxy) is 1. The zero-order valence-corrected chi connectivity index (χ0v) is 16.9. The van der Waals surface area contributed by atoms with Crippen molar-refractivity contribution in [2.24, 2.45) is 0 Å². The van der Waals surface area contributed by atoms with E-state index in [1.54, 1.807) is 0 Å². The zero-order chi connectivity index (χ0) is 18.7. The van der Waals surface area contributed by atoms with Crippen LogP contribution in [0, 0.1) is 6.92 Å². The summed E-state index contributed by atoms with van der Waals surface area (Å²) < 4.78 is 5.84. The number of aryl methyl sites for hydroxylation is 1. The second-order valence-corrected chi connectivity index (χ2v) is 8.36. The Hall–Kier alpha value is -1.69. The molecule has 0 N–H and O–H groups in total. The molecule has 0 fully saturated rings. The molecule has 2 heterocycles. The summed E-state index contributed by atoms with van der Waals surface area (Å²) in [5, 5.41) is 2.15. The van der Waals surface area contributed by atoms with Gasteiger partial charge in [0.25, 0.3) is 0 Å². The van der Waals surface area contributed by atoms with Crippen LogP contribution in [-0.4, -0.2) is 49.1 Å². The van der Waals surface area contributed by atoms with Gasteiger partial charge in [0.05, 0.1) is 0 Å². The number of likely N-dealkylation sites (N-methyl/N-ethyl adjacent to an activating group) is 1. The molecular weight excluding hydrogens is 344 g/mol. The van der Waals surface area contributed by atoms with E-state index in [9.17, 15) is 4.79 Å². The SMILES string of the molecule is Cc1ccccc1[C@@H](C(=O)O[C@H](C)CN(C)C)N1CCc2sccc2C1. The molecule has 1 aromatic carbocycles. The molecule has 0 radical (unpaired) electrons. The van der Waals surface area contributed by atoms with Gasteiger partial charge in [-0.25, -0.2) is 4.79 Å². The molecular formula is C21H28N2O2S. The van der Waals surface area contributed by atoms with Crippen LogP contribution in [0.1, 0.15) is 34.5 Å². The largest absolute Gasteiger partial charge is 0.460 e. The predicted octanol–water partition coefficient (Wildman–Crippen LogP) is 3.65. The average molecular weight is 373 g/mol. The van der Waals surface area contributed by atoms with Gasteiger partial charge in [-0.1, -0.05) is 24.3 Å². The Morgan fingerprint density at radius 3 is 2.81 bits per heavy atom. The molecule has 0 saturated heterocycles. The van der Waals surface area contributed by atoms with Crippen LogP contribution in [0.3, 0.4) is 0 Å². The Labute approximate surface area is 160 Å². The van der Waals surface area contributed by atoms with Crippen LogP contribution in [0.2, 0.25) is 0 Å². The summed E-state index contributed by atoms with van der Waals surface area (Å²) in [6.45, 7) is 6.43. The van der Waals surface area contributed by atoms with E-state index in [1.807, 2.05) is 49.4 Å². The summed E-state index contributed by atoms with van der Waals surface area (Å²) in [4.78, 5) is 18.9. The van der Waals surface area contributed by atoms with Gasteiger partial charge in [0, 0.05) is 24.5 Å². The molecule has 140 valence electrons. The maximum Gasteiger partial charge on any atom is 0.328 e. The summed E-state index contributed by atoms with van der Waals surface area (Å²) in [7, 11) is 3.98. The van der Waals surface area contributed by atoms with Gasteiger partial charge >= 0.3 is 5.97 Å². The number of fused-ring (bicyclic) bond motifs is 1. The first-order valence-corrected chi connectivity index (χ1v) is 10.0. The molecule has 1 aliphatic rings. The Bertz CT molecular complexity index is 756. The van der Waals surface area contributed by atoms with Crippen molar-refractivity contribution in [1.29, 1.82) is 0 Å². The van der Waals surface area contributed by atoms with E-state index < -0.39 is 0 Å². The fraction of sp³-hybridized carbons (Fsp3) is 0.476. The van der Waals surface area contributed by atoms with Gasteiger partial charge in [-0.15, -0.1) is 11.3 Å². The van der Waals surface area contributed by atoms with Crippen molar-refractivity contribution in [3.05, 3.63) is 57.3 Å². The molecule has 26 heavy (non-hydrogen) atoms. The minimum atomic E-state index is -0.353. The van der Waals surface area contributed by atoms with Crippen molar-refractivity contribution in [2.45, 2.75) is 39.0 Å². The number of thiophene rings is 1. The van der Waals surface area contributed by atoms with Gasteiger partial charge in [-0.3, -0.25) is 4.90 Å². The van der Waals surface area contributed by atoms with Crippen LogP contribution in [0.5, 0.6) is 0 Å². The van der Waals surface area contributed by atoms with Gasteiger partial charge < -0.3 is 9.64 Å². The van der Waals surface area contributed by atoms with E-state index >= 15 is 0 Å². The Morgan fingerprint density at radius 1 is 1.31 bits per heavy atom. The standard InChI is InChI=1S/C21H28N2O2S/c1-15-7-5-6-8-18(15)20(21(24)25-16(2)13-22(3)4)23-11-9-19-17(14-23)10-12-26-19/h5-8,10,12,16,20H,9,11,13-14H2,1-4H3/t16-,20+/m1/s1. The van der Waals surface area contributed by atoms with Crippen molar-refractivity contribution < 1.29 is 9.53 Å². The van der Waals surface area contributed by atoms with Gasteiger partial charge in [-0.2, -0.15) is 0 Å². The van der Waals surface area contributed by atoms with Crippen LogP contribution in [0.4, 0.5) is 0 Å². The van der Waals surface area contributed by atoms with Crippen molar-refractivity contribution >= 4 is 17.3 Å². The minimum Gasteiger partial charge on any atom is -0.460 e. The maximum atomic E-state index is 13.2. The zero-order valence-electron chi connectivity index (χ0n) is 16.1. The fourth-order valence-corrected chi connectivity index (χ4v) is 4.56. The molecule has 5 heteroatoms. The third kappa shape index (κ3) is 4.34. The lowest BCUT2D eigenvalue weighted by Crippen LogP contribution is -2.40. The van der Waals surface area contributed by atoms with Crippen molar-refractivity contribution in [2.75, 3.05) is 27.2 Å². The molecule has 0 saturated carbocycles. The molecule has 2 atom stereocenters. The van der Waals surface area contributed by atoms with Gasteiger partial charge in [-0.05, 0) is 62.5 Å². The third-order valence-corrected chi connectivity index (χ3v) is 5.87. The summed E-state index contributed by atoms with van der Waals surface area (Å²) >= 11 is 1.82. The van der Waals surface area contributed by atoms with E-state index in [1.165, 1.54) is 10.4 Å². The summed E-state index contributed by atoms with van der Waals surface area (Å²) in [5.41, 5.74) is 3.52. The lowest BCUT2D eigenvalue weighted by molar-refractivity contribution is -0.156. The predicted molar refractivity (Wildman–Crippen MR) is 106 cm³/mol.